The van der Waals surface area contributed by atoms with Gasteiger partial charge >= 0.3 is 0 Å². The normalized spacial score (nSPS) is 9.81. The average Bonchev–Trinajstić information content (AvgIpc) is 2.66. The number of nitrogens with one attached hydrogen (secondary N) is 1. The van der Waals surface area contributed by atoms with E-state index in [0.717, 1.165) is 17.9 Å². The zero-order valence-electron chi connectivity index (χ0n) is 9.01. The molecular weight excluding hydrogens is 226 g/mol. The zero-order chi connectivity index (χ0) is 10.5. The van der Waals surface area contributed by atoms with Crippen LogP contribution in [0.15, 0.2) is 35.0 Å². The van der Waals surface area contributed by atoms with Crippen molar-refractivity contribution in [3.8, 4) is 0 Å². The van der Waals surface area contributed by atoms with Gasteiger partial charge in [0.2, 0.25) is 0 Å². The van der Waals surface area contributed by atoms with Gasteiger partial charge in [0.1, 0.15) is 11.4 Å². The first-order valence-electron chi connectivity index (χ1n) is 4.89. The summed E-state index contributed by atoms with van der Waals surface area (Å²) < 4.78 is 4.61. The molecule has 0 saturated heterocycles. The van der Waals surface area contributed by atoms with Gasteiger partial charge in [0.25, 0.3) is 0 Å². The molecule has 0 aliphatic rings. The summed E-state index contributed by atoms with van der Waals surface area (Å²) in [6.45, 7) is 3.40. The Morgan fingerprint density at radius 3 is 2.50 bits per heavy atom. The summed E-state index contributed by atoms with van der Waals surface area (Å²) in [4.78, 5) is 0. The average molecular weight is 240 g/mol. The number of halogens is 1. The van der Waals surface area contributed by atoms with E-state index < -0.39 is 0 Å². The highest BCUT2D eigenvalue weighted by molar-refractivity contribution is 5.85. The Hall–Kier alpha value is -1.39. The maximum absolute atomic E-state index is 4.61. The molecule has 1 aromatic carbocycles. The Labute approximate surface area is 100 Å². The van der Waals surface area contributed by atoms with E-state index in [4.69, 9.17) is 0 Å². The van der Waals surface area contributed by atoms with Crippen LogP contribution in [0.3, 0.4) is 0 Å². The van der Waals surface area contributed by atoms with Crippen molar-refractivity contribution in [1.82, 2.24) is 15.6 Å². The summed E-state index contributed by atoms with van der Waals surface area (Å²) in [5, 5.41) is 10.8. The van der Waals surface area contributed by atoms with Crippen LogP contribution in [0.2, 0.25) is 0 Å². The predicted octanol–water partition coefficient (Wildman–Crippen LogP) is 2.09. The SMILES string of the molecule is Cc1nonc1CNCc1ccccc1.Cl. The number of nitrogens with zero attached hydrogens (tertiary/aromatic N) is 2. The number of aryl methyl sites for hydroxylation is 1. The maximum Gasteiger partial charge on any atom is 0.121 e. The molecule has 1 aromatic heterocycles. The second kappa shape index (κ2) is 6.25. The summed E-state index contributed by atoms with van der Waals surface area (Å²) in [6.07, 6.45) is 0. The third-order valence-electron chi connectivity index (χ3n) is 2.21. The highest BCUT2D eigenvalue weighted by Gasteiger charge is 2.03. The molecule has 0 atom stereocenters. The number of aromatic nitrogens is 2. The van der Waals surface area contributed by atoms with Gasteiger partial charge in [-0.15, -0.1) is 12.4 Å². The second-order valence-corrected chi connectivity index (χ2v) is 3.39. The number of hydrogen-bond acceptors (Lipinski definition) is 4. The topological polar surface area (TPSA) is 51.0 Å². The quantitative estimate of drug-likeness (QED) is 0.888. The Morgan fingerprint density at radius 1 is 1.12 bits per heavy atom. The van der Waals surface area contributed by atoms with Gasteiger partial charge in [0.05, 0.1) is 0 Å². The second-order valence-electron chi connectivity index (χ2n) is 3.39. The lowest BCUT2D eigenvalue weighted by Crippen LogP contribution is -2.13. The van der Waals surface area contributed by atoms with E-state index in [1.54, 1.807) is 0 Å². The Kier molecular flexibility index (Phi) is 4.95. The van der Waals surface area contributed by atoms with Crippen LogP contribution in [-0.4, -0.2) is 10.3 Å². The van der Waals surface area contributed by atoms with Gasteiger partial charge in [-0.25, -0.2) is 4.63 Å². The molecule has 86 valence electrons. The largest absolute Gasteiger partial charge is 0.307 e. The molecule has 1 N–H and O–H groups in total. The van der Waals surface area contributed by atoms with E-state index >= 15 is 0 Å². The fourth-order valence-corrected chi connectivity index (χ4v) is 1.33. The minimum absolute atomic E-state index is 0. The molecule has 0 fully saturated rings. The molecule has 2 aromatic rings. The maximum atomic E-state index is 4.61. The van der Waals surface area contributed by atoms with Crippen LogP contribution < -0.4 is 5.32 Å². The molecule has 0 bridgehead atoms. The third-order valence-corrected chi connectivity index (χ3v) is 2.21. The summed E-state index contributed by atoms with van der Waals surface area (Å²) in [6, 6.07) is 10.2. The number of rotatable bonds is 4. The van der Waals surface area contributed by atoms with E-state index in [-0.39, 0.29) is 12.4 Å². The fraction of sp³-hybridized carbons (Fsp3) is 0.273. The van der Waals surface area contributed by atoms with Crippen molar-refractivity contribution in [2.75, 3.05) is 0 Å². The lowest BCUT2D eigenvalue weighted by atomic mass is 10.2. The van der Waals surface area contributed by atoms with Gasteiger partial charge in [0, 0.05) is 13.1 Å². The van der Waals surface area contributed by atoms with Crippen molar-refractivity contribution in [3.05, 3.63) is 47.3 Å². The zero-order valence-corrected chi connectivity index (χ0v) is 9.83. The monoisotopic (exact) mass is 239 g/mol. The molecule has 4 nitrogen and oxygen atoms in total. The molecule has 0 saturated carbocycles. The van der Waals surface area contributed by atoms with Gasteiger partial charge in [-0.1, -0.05) is 40.6 Å². The van der Waals surface area contributed by atoms with Crippen molar-refractivity contribution in [2.24, 2.45) is 0 Å². The highest BCUT2D eigenvalue weighted by Crippen LogP contribution is 2.01. The summed E-state index contributed by atoms with van der Waals surface area (Å²) >= 11 is 0. The van der Waals surface area contributed by atoms with E-state index in [0.29, 0.717) is 6.54 Å². The van der Waals surface area contributed by atoms with Crippen molar-refractivity contribution in [3.63, 3.8) is 0 Å². The van der Waals surface area contributed by atoms with Crippen LogP contribution in [0.4, 0.5) is 0 Å². The van der Waals surface area contributed by atoms with E-state index in [1.165, 1.54) is 5.56 Å². The van der Waals surface area contributed by atoms with E-state index in [1.807, 2.05) is 25.1 Å². The first-order valence-corrected chi connectivity index (χ1v) is 4.89. The van der Waals surface area contributed by atoms with Gasteiger partial charge in [0.15, 0.2) is 0 Å². The smallest absolute Gasteiger partial charge is 0.121 e. The van der Waals surface area contributed by atoms with Gasteiger partial charge in [-0.2, -0.15) is 0 Å². The highest BCUT2D eigenvalue weighted by atomic mass is 35.5. The first-order chi connectivity index (χ1) is 7.36. The van der Waals surface area contributed by atoms with Crippen LogP contribution in [0.1, 0.15) is 17.0 Å². The van der Waals surface area contributed by atoms with Crippen LogP contribution >= 0.6 is 12.4 Å². The number of hydrogen-bond donors (Lipinski definition) is 1. The molecule has 0 radical (unpaired) electrons. The van der Waals surface area contributed by atoms with Crippen LogP contribution in [0.25, 0.3) is 0 Å². The Morgan fingerprint density at radius 2 is 1.88 bits per heavy atom. The first kappa shape index (κ1) is 12.7. The third kappa shape index (κ3) is 3.32. The van der Waals surface area contributed by atoms with Gasteiger partial charge in [-0.05, 0) is 12.5 Å². The lowest BCUT2D eigenvalue weighted by molar-refractivity contribution is 0.300. The minimum Gasteiger partial charge on any atom is -0.307 e. The Bertz CT molecular complexity index is 416. The fourth-order valence-electron chi connectivity index (χ4n) is 1.33. The van der Waals surface area contributed by atoms with Gasteiger partial charge < -0.3 is 5.32 Å². The van der Waals surface area contributed by atoms with E-state index in [9.17, 15) is 0 Å². The molecule has 0 aliphatic carbocycles. The van der Waals surface area contributed by atoms with Crippen LogP contribution in [0, 0.1) is 6.92 Å². The molecule has 5 heteroatoms. The van der Waals surface area contributed by atoms with Crippen LogP contribution in [-0.2, 0) is 13.1 Å². The van der Waals surface area contributed by atoms with Crippen molar-refractivity contribution < 1.29 is 4.63 Å². The van der Waals surface area contributed by atoms with E-state index in [2.05, 4.69) is 32.4 Å². The molecule has 0 aliphatic heterocycles. The van der Waals surface area contributed by atoms with Gasteiger partial charge in [-0.3, -0.25) is 0 Å². The molecule has 1 heterocycles. The summed E-state index contributed by atoms with van der Waals surface area (Å²) in [5.41, 5.74) is 2.97. The van der Waals surface area contributed by atoms with Crippen molar-refractivity contribution >= 4 is 12.4 Å². The van der Waals surface area contributed by atoms with Crippen LogP contribution in [0.5, 0.6) is 0 Å². The molecule has 2 rings (SSSR count). The summed E-state index contributed by atoms with van der Waals surface area (Å²) in [7, 11) is 0. The Balaban J connectivity index is 0.00000128. The summed E-state index contributed by atoms with van der Waals surface area (Å²) in [5.74, 6) is 0. The van der Waals surface area contributed by atoms with Crippen molar-refractivity contribution in [1.29, 1.82) is 0 Å². The predicted molar refractivity (Wildman–Crippen MR) is 63.3 cm³/mol. The minimum atomic E-state index is 0. The number of benzene rings is 1. The standard InChI is InChI=1S/C11H13N3O.ClH/c1-9-11(14-15-13-9)8-12-7-10-5-3-2-4-6-10;/h2-6,12H,7-8H2,1H3;1H. The molecule has 0 amide bonds. The molecule has 16 heavy (non-hydrogen) atoms. The van der Waals surface area contributed by atoms with Crippen molar-refractivity contribution in [2.45, 2.75) is 20.0 Å². The molecular formula is C11H14ClN3O. The molecule has 0 spiro atoms. The lowest BCUT2D eigenvalue weighted by Gasteiger charge is -2.01. The molecule has 0 unspecified atom stereocenters.